The summed E-state index contributed by atoms with van der Waals surface area (Å²) in [5.74, 6) is 6.23. The van der Waals surface area contributed by atoms with Crippen LogP contribution in [0.25, 0.3) is 0 Å². The van der Waals surface area contributed by atoms with Gasteiger partial charge in [-0.15, -0.1) is 6.58 Å². The Morgan fingerprint density at radius 1 is 1.32 bits per heavy atom. The average Bonchev–Trinajstić information content (AvgIpc) is 2.46. The zero-order valence-electron chi connectivity index (χ0n) is 11.6. The molecule has 0 saturated carbocycles. The zero-order valence-corrected chi connectivity index (χ0v) is 11.6. The van der Waals surface area contributed by atoms with Gasteiger partial charge < -0.3 is 4.90 Å². The predicted octanol–water partition coefficient (Wildman–Crippen LogP) is 2.15. The second-order valence-electron chi connectivity index (χ2n) is 4.66. The summed E-state index contributed by atoms with van der Waals surface area (Å²) in [5, 5.41) is 0. The Kier molecular flexibility index (Phi) is 5.00. The van der Waals surface area contributed by atoms with Crippen LogP contribution < -0.4 is 4.90 Å². The van der Waals surface area contributed by atoms with Crippen LogP contribution in [-0.2, 0) is 0 Å². The summed E-state index contributed by atoms with van der Waals surface area (Å²) >= 11 is 0. The fourth-order valence-corrected chi connectivity index (χ4v) is 2.23. The van der Waals surface area contributed by atoms with Gasteiger partial charge in [-0.25, -0.2) is 0 Å². The molecule has 1 aromatic rings. The second kappa shape index (κ2) is 6.96. The first-order valence-corrected chi connectivity index (χ1v) is 6.85. The van der Waals surface area contributed by atoms with Crippen LogP contribution >= 0.6 is 0 Å². The van der Waals surface area contributed by atoms with Crippen molar-refractivity contribution in [3.8, 4) is 11.8 Å². The SMILES string of the molecule is C=CCN1CCN(c2cncc(C#CCC)c2)CC1. The van der Waals surface area contributed by atoms with Crippen molar-refractivity contribution in [1.82, 2.24) is 9.88 Å². The van der Waals surface area contributed by atoms with Crippen LogP contribution in [0.3, 0.4) is 0 Å². The number of aromatic nitrogens is 1. The van der Waals surface area contributed by atoms with Gasteiger partial charge in [0, 0.05) is 50.9 Å². The minimum absolute atomic E-state index is 0.879. The van der Waals surface area contributed by atoms with Crippen LogP contribution in [0.15, 0.2) is 31.1 Å². The average molecular weight is 255 g/mol. The number of nitrogens with zero attached hydrogens (tertiary/aromatic N) is 3. The van der Waals surface area contributed by atoms with Gasteiger partial charge in [0.25, 0.3) is 0 Å². The Labute approximate surface area is 115 Å². The van der Waals surface area contributed by atoms with E-state index >= 15 is 0 Å². The maximum Gasteiger partial charge on any atom is 0.0566 e. The van der Waals surface area contributed by atoms with Gasteiger partial charge in [0.2, 0.25) is 0 Å². The van der Waals surface area contributed by atoms with Crippen molar-refractivity contribution >= 4 is 5.69 Å². The Morgan fingerprint density at radius 3 is 2.79 bits per heavy atom. The molecule has 0 unspecified atom stereocenters. The van der Waals surface area contributed by atoms with Gasteiger partial charge in [-0.2, -0.15) is 0 Å². The highest BCUT2D eigenvalue weighted by molar-refractivity contribution is 5.50. The van der Waals surface area contributed by atoms with Crippen molar-refractivity contribution < 1.29 is 0 Å². The molecule has 0 spiro atoms. The first-order valence-electron chi connectivity index (χ1n) is 6.85. The fourth-order valence-electron chi connectivity index (χ4n) is 2.23. The quantitative estimate of drug-likeness (QED) is 0.609. The van der Waals surface area contributed by atoms with Crippen LogP contribution in [0.2, 0.25) is 0 Å². The smallest absolute Gasteiger partial charge is 0.0566 e. The molecule has 3 heteroatoms. The molecule has 0 aromatic carbocycles. The molecule has 1 aliphatic rings. The van der Waals surface area contributed by atoms with Gasteiger partial charge in [-0.3, -0.25) is 9.88 Å². The van der Waals surface area contributed by atoms with Crippen molar-refractivity contribution in [1.29, 1.82) is 0 Å². The van der Waals surface area contributed by atoms with Crippen LogP contribution in [0, 0.1) is 11.8 Å². The maximum absolute atomic E-state index is 4.29. The molecule has 0 amide bonds. The molecular weight excluding hydrogens is 234 g/mol. The number of rotatable bonds is 3. The molecule has 0 atom stereocenters. The van der Waals surface area contributed by atoms with Gasteiger partial charge in [0.1, 0.15) is 0 Å². The summed E-state index contributed by atoms with van der Waals surface area (Å²) in [5.41, 5.74) is 2.19. The Bertz CT molecular complexity index is 476. The number of pyridine rings is 1. The summed E-state index contributed by atoms with van der Waals surface area (Å²) in [7, 11) is 0. The number of anilines is 1. The molecular formula is C16H21N3. The second-order valence-corrected chi connectivity index (χ2v) is 4.66. The normalized spacial score (nSPS) is 15.7. The predicted molar refractivity (Wildman–Crippen MR) is 80.3 cm³/mol. The molecule has 1 aliphatic heterocycles. The number of piperazine rings is 1. The van der Waals surface area contributed by atoms with E-state index in [2.05, 4.69) is 46.2 Å². The highest BCUT2D eigenvalue weighted by Crippen LogP contribution is 2.16. The lowest BCUT2D eigenvalue weighted by molar-refractivity contribution is 0.284. The lowest BCUT2D eigenvalue weighted by atomic mass is 10.2. The molecule has 0 radical (unpaired) electrons. The van der Waals surface area contributed by atoms with Gasteiger partial charge in [0.05, 0.1) is 11.9 Å². The van der Waals surface area contributed by atoms with E-state index in [0.717, 1.165) is 44.7 Å². The van der Waals surface area contributed by atoms with Crippen molar-refractivity contribution in [3.63, 3.8) is 0 Å². The van der Waals surface area contributed by atoms with Crippen LogP contribution in [0.5, 0.6) is 0 Å². The Hall–Kier alpha value is -1.79. The molecule has 1 saturated heterocycles. The third-order valence-electron chi connectivity index (χ3n) is 3.26. The van der Waals surface area contributed by atoms with Gasteiger partial charge in [-0.1, -0.05) is 24.8 Å². The molecule has 1 aromatic heterocycles. The third-order valence-corrected chi connectivity index (χ3v) is 3.26. The molecule has 0 bridgehead atoms. The minimum Gasteiger partial charge on any atom is -0.368 e. The van der Waals surface area contributed by atoms with E-state index in [4.69, 9.17) is 0 Å². The summed E-state index contributed by atoms with van der Waals surface area (Å²) in [4.78, 5) is 9.09. The highest BCUT2D eigenvalue weighted by Gasteiger charge is 2.16. The van der Waals surface area contributed by atoms with E-state index in [1.165, 1.54) is 5.69 Å². The molecule has 19 heavy (non-hydrogen) atoms. The zero-order chi connectivity index (χ0) is 13.5. The summed E-state index contributed by atoms with van der Waals surface area (Å²) in [6.07, 6.45) is 6.61. The van der Waals surface area contributed by atoms with E-state index in [9.17, 15) is 0 Å². The van der Waals surface area contributed by atoms with E-state index in [1.54, 1.807) is 0 Å². The van der Waals surface area contributed by atoms with Gasteiger partial charge >= 0.3 is 0 Å². The van der Waals surface area contributed by atoms with E-state index < -0.39 is 0 Å². The standard InChI is InChI=1S/C16H21N3/c1-3-5-6-15-12-16(14-17-13-15)19-10-8-18(7-4-2)9-11-19/h4,12-14H,2-3,7-11H2,1H3. The fraction of sp³-hybridized carbons (Fsp3) is 0.438. The molecule has 1 fully saturated rings. The monoisotopic (exact) mass is 255 g/mol. The highest BCUT2D eigenvalue weighted by atomic mass is 15.3. The van der Waals surface area contributed by atoms with Crippen molar-refractivity contribution in [2.75, 3.05) is 37.6 Å². The van der Waals surface area contributed by atoms with Gasteiger partial charge in [0.15, 0.2) is 0 Å². The van der Waals surface area contributed by atoms with E-state index in [0.29, 0.717) is 0 Å². The Morgan fingerprint density at radius 2 is 2.11 bits per heavy atom. The largest absolute Gasteiger partial charge is 0.368 e. The summed E-state index contributed by atoms with van der Waals surface area (Å²) in [6, 6.07) is 2.14. The van der Waals surface area contributed by atoms with Crippen LogP contribution in [0.1, 0.15) is 18.9 Å². The van der Waals surface area contributed by atoms with Crippen molar-refractivity contribution in [3.05, 3.63) is 36.7 Å². The molecule has 3 nitrogen and oxygen atoms in total. The summed E-state index contributed by atoms with van der Waals surface area (Å²) < 4.78 is 0. The van der Waals surface area contributed by atoms with Crippen LogP contribution in [-0.4, -0.2) is 42.6 Å². The van der Waals surface area contributed by atoms with E-state index in [-0.39, 0.29) is 0 Å². The van der Waals surface area contributed by atoms with Crippen molar-refractivity contribution in [2.24, 2.45) is 0 Å². The number of hydrogen-bond acceptors (Lipinski definition) is 3. The molecule has 0 N–H and O–H groups in total. The summed E-state index contributed by atoms with van der Waals surface area (Å²) in [6.45, 7) is 11.1. The lowest BCUT2D eigenvalue weighted by Crippen LogP contribution is -2.46. The van der Waals surface area contributed by atoms with E-state index in [1.807, 2.05) is 18.5 Å². The lowest BCUT2D eigenvalue weighted by Gasteiger charge is -2.35. The van der Waals surface area contributed by atoms with Crippen LogP contribution in [0.4, 0.5) is 5.69 Å². The Balaban J connectivity index is 2.01. The molecule has 2 rings (SSSR count). The minimum atomic E-state index is 0.879. The first-order chi connectivity index (χ1) is 9.33. The van der Waals surface area contributed by atoms with Crippen molar-refractivity contribution in [2.45, 2.75) is 13.3 Å². The van der Waals surface area contributed by atoms with Gasteiger partial charge in [-0.05, 0) is 6.07 Å². The third kappa shape index (κ3) is 3.84. The molecule has 0 aliphatic carbocycles. The first kappa shape index (κ1) is 13.6. The topological polar surface area (TPSA) is 19.4 Å². The molecule has 2 heterocycles. The number of hydrogen-bond donors (Lipinski definition) is 0. The maximum atomic E-state index is 4.29. The molecule has 100 valence electrons.